The van der Waals surface area contributed by atoms with E-state index >= 15 is 0 Å². The average Bonchev–Trinajstić information content (AvgIpc) is 2.81. The number of rotatable bonds is 4. The monoisotopic (exact) mass is 311 g/mol. The van der Waals surface area contributed by atoms with Gasteiger partial charge in [-0.25, -0.2) is 4.98 Å². The minimum absolute atomic E-state index is 0.0765. The lowest BCUT2D eigenvalue weighted by Gasteiger charge is -2.10. The third-order valence-electron chi connectivity index (χ3n) is 4.04. The fourth-order valence-corrected chi connectivity index (χ4v) is 2.58. The minimum Gasteiger partial charge on any atom is -0.485 e. The van der Waals surface area contributed by atoms with Gasteiger partial charge in [-0.05, 0) is 38.5 Å². The van der Waals surface area contributed by atoms with E-state index in [-0.39, 0.29) is 17.2 Å². The van der Waals surface area contributed by atoms with Gasteiger partial charge in [0.1, 0.15) is 6.61 Å². The van der Waals surface area contributed by atoms with Crippen LogP contribution in [-0.2, 0) is 6.61 Å². The Morgan fingerprint density at radius 3 is 2.74 bits per heavy atom. The zero-order chi connectivity index (χ0) is 16.6. The van der Waals surface area contributed by atoms with Crippen LogP contribution in [-0.4, -0.2) is 14.3 Å². The highest BCUT2D eigenvalue weighted by atomic mass is 16.6. The van der Waals surface area contributed by atoms with E-state index in [4.69, 9.17) is 4.74 Å². The number of ether oxygens (including phenoxy) is 1. The summed E-state index contributed by atoms with van der Waals surface area (Å²) in [6, 6.07) is 8.72. The molecular weight excluding hydrogens is 294 g/mol. The predicted octanol–water partition coefficient (Wildman–Crippen LogP) is 3.75. The quantitative estimate of drug-likeness (QED) is 0.543. The fourth-order valence-electron chi connectivity index (χ4n) is 2.58. The summed E-state index contributed by atoms with van der Waals surface area (Å²) < 4.78 is 7.81. The second-order valence-corrected chi connectivity index (χ2v) is 5.47. The summed E-state index contributed by atoms with van der Waals surface area (Å²) in [5, 5.41) is 11.2. The Labute approximate surface area is 133 Å². The van der Waals surface area contributed by atoms with Crippen molar-refractivity contribution in [2.45, 2.75) is 27.4 Å². The topological polar surface area (TPSA) is 69.7 Å². The number of nitrogens with zero attached hydrogens (tertiary/aromatic N) is 3. The number of nitro groups is 1. The smallest absolute Gasteiger partial charge is 0.276 e. The molecule has 6 nitrogen and oxygen atoms in total. The summed E-state index contributed by atoms with van der Waals surface area (Å²) >= 11 is 0. The molecule has 0 spiro atoms. The maximum Gasteiger partial charge on any atom is 0.276 e. The molecule has 0 aliphatic heterocycles. The molecule has 0 saturated heterocycles. The number of aromatic nitrogens is 2. The van der Waals surface area contributed by atoms with Crippen LogP contribution in [0.3, 0.4) is 0 Å². The van der Waals surface area contributed by atoms with Crippen LogP contribution >= 0.6 is 0 Å². The van der Waals surface area contributed by atoms with Crippen LogP contribution < -0.4 is 4.74 Å². The molecule has 0 atom stereocenters. The molecule has 0 fully saturated rings. The van der Waals surface area contributed by atoms with Gasteiger partial charge in [0.2, 0.25) is 0 Å². The molecule has 0 N–H and O–H groups in total. The van der Waals surface area contributed by atoms with Gasteiger partial charge in [0, 0.05) is 18.0 Å². The van der Waals surface area contributed by atoms with Crippen LogP contribution in [0.4, 0.5) is 5.69 Å². The zero-order valence-corrected chi connectivity index (χ0v) is 13.2. The molecule has 6 heteroatoms. The van der Waals surface area contributed by atoms with Gasteiger partial charge < -0.3 is 9.14 Å². The van der Waals surface area contributed by atoms with E-state index in [2.05, 4.69) is 4.98 Å². The van der Waals surface area contributed by atoms with Gasteiger partial charge in [0.25, 0.3) is 5.69 Å². The van der Waals surface area contributed by atoms with Crippen LogP contribution in [0.25, 0.3) is 5.65 Å². The number of hydrogen-bond acceptors (Lipinski definition) is 4. The van der Waals surface area contributed by atoms with Crippen LogP contribution in [0.1, 0.15) is 22.5 Å². The number of imidazole rings is 1. The highest BCUT2D eigenvalue weighted by Gasteiger charge is 2.17. The first-order chi connectivity index (χ1) is 11.0. The summed E-state index contributed by atoms with van der Waals surface area (Å²) in [5.74, 6) is 0.612. The number of aryl methyl sites for hydroxylation is 3. The molecule has 0 bridgehead atoms. The Bertz CT molecular complexity index is 899. The lowest BCUT2D eigenvalue weighted by atomic mass is 10.1. The lowest BCUT2D eigenvalue weighted by Crippen LogP contribution is -2.04. The van der Waals surface area contributed by atoms with Crippen LogP contribution in [0.15, 0.2) is 36.5 Å². The maximum atomic E-state index is 11.2. The molecule has 23 heavy (non-hydrogen) atoms. The Hall–Kier alpha value is -2.89. The second-order valence-electron chi connectivity index (χ2n) is 5.47. The summed E-state index contributed by atoms with van der Waals surface area (Å²) in [6.07, 6.45) is 1.92. The normalized spacial score (nSPS) is 10.9. The van der Waals surface area contributed by atoms with Gasteiger partial charge >= 0.3 is 0 Å². The molecule has 3 aromatic rings. The van der Waals surface area contributed by atoms with Gasteiger partial charge in [-0.3, -0.25) is 10.1 Å². The van der Waals surface area contributed by atoms with E-state index in [0.717, 1.165) is 22.6 Å². The van der Waals surface area contributed by atoms with Crippen molar-refractivity contribution in [2.75, 3.05) is 0 Å². The molecule has 2 aromatic heterocycles. The summed E-state index contributed by atoms with van der Waals surface area (Å²) in [4.78, 5) is 15.3. The van der Waals surface area contributed by atoms with Gasteiger partial charge in [-0.2, -0.15) is 0 Å². The minimum atomic E-state index is -0.379. The maximum absolute atomic E-state index is 11.2. The van der Waals surface area contributed by atoms with Gasteiger partial charge in [-0.1, -0.05) is 12.1 Å². The molecule has 0 amide bonds. The first-order valence-corrected chi connectivity index (χ1v) is 7.29. The summed E-state index contributed by atoms with van der Waals surface area (Å²) in [7, 11) is 0. The van der Waals surface area contributed by atoms with Gasteiger partial charge in [-0.15, -0.1) is 0 Å². The molecule has 1 aromatic carbocycles. The summed E-state index contributed by atoms with van der Waals surface area (Å²) in [6.45, 7) is 5.91. The molecule has 2 heterocycles. The van der Waals surface area contributed by atoms with E-state index in [1.807, 2.05) is 49.6 Å². The van der Waals surface area contributed by atoms with Crippen molar-refractivity contribution in [2.24, 2.45) is 0 Å². The molecule has 3 rings (SSSR count). The molecular formula is C17H17N3O3. The fraction of sp³-hybridized carbons (Fsp3) is 0.235. The number of benzene rings is 1. The van der Waals surface area contributed by atoms with E-state index in [9.17, 15) is 10.1 Å². The van der Waals surface area contributed by atoms with Crippen molar-refractivity contribution in [3.63, 3.8) is 0 Å². The van der Waals surface area contributed by atoms with Crippen LogP contribution in [0.2, 0.25) is 0 Å². The molecule has 0 unspecified atom stereocenters. The molecule has 0 saturated carbocycles. The lowest BCUT2D eigenvalue weighted by molar-refractivity contribution is -0.385. The summed E-state index contributed by atoms with van der Waals surface area (Å²) in [5.41, 5.74) is 4.20. The molecule has 0 radical (unpaired) electrons. The van der Waals surface area contributed by atoms with Crippen molar-refractivity contribution in [1.29, 1.82) is 0 Å². The Balaban J connectivity index is 1.96. The number of nitro benzene ring substituents is 1. The average molecular weight is 311 g/mol. The van der Waals surface area contributed by atoms with E-state index in [1.54, 1.807) is 6.07 Å². The Morgan fingerprint density at radius 2 is 2.00 bits per heavy atom. The van der Waals surface area contributed by atoms with Gasteiger partial charge in [0.05, 0.1) is 16.2 Å². The second kappa shape index (κ2) is 5.72. The Morgan fingerprint density at radius 1 is 1.22 bits per heavy atom. The van der Waals surface area contributed by atoms with Gasteiger partial charge in [0.15, 0.2) is 11.4 Å². The molecule has 118 valence electrons. The van der Waals surface area contributed by atoms with E-state index in [1.165, 1.54) is 6.07 Å². The van der Waals surface area contributed by atoms with Crippen molar-refractivity contribution < 1.29 is 9.66 Å². The van der Waals surface area contributed by atoms with Crippen molar-refractivity contribution >= 4 is 11.3 Å². The largest absolute Gasteiger partial charge is 0.485 e. The Kier molecular flexibility index (Phi) is 3.73. The van der Waals surface area contributed by atoms with Crippen LogP contribution in [0.5, 0.6) is 5.75 Å². The standard InChI is InChI=1S/C17H17N3O3/c1-11-6-4-7-15(20(21)22)14(11)10-23-16-8-5-9-19-13(3)12(2)18-17(16)19/h4-9H,10H2,1-3H3. The first-order valence-electron chi connectivity index (χ1n) is 7.29. The highest BCUT2D eigenvalue weighted by molar-refractivity contribution is 5.56. The number of hydrogen-bond donors (Lipinski definition) is 0. The van der Waals surface area contributed by atoms with Crippen molar-refractivity contribution in [1.82, 2.24) is 9.38 Å². The number of fused-ring (bicyclic) bond motifs is 1. The predicted molar refractivity (Wildman–Crippen MR) is 86.8 cm³/mol. The molecule has 0 aliphatic carbocycles. The third-order valence-corrected chi connectivity index (χ3v) is 4.04. The SMILES string of the molecule is Cc1cccc([N+](=O)[O-])c1COc1cccn2c(C)c(C)nc12. The van der Waals surface area contributed by atoms with E-state index in [0.29, 0.717) is 11.3 Å². The first kappa shape index (κ1) is 15.0. The van der Waals surface area contributed by atoms with Crippen molar-refractivity contribution in [3.8, 4) is 5.75 Å². The number of pyridine rings is 1. The third kappa shape index (κ3) is 2.63. The van der Waals surface area contributed by atoms with Crippen molar-refractivity contribution in [3.05, 3.63) is 69.2 Å². The highest BCUT2D eigenvalue weighted by Crippen LogP contribution is 2.26. The van der Waals surface area contributed by atoms with Crippen LogP contribution in [0, 0.1) is 30.9 Å². The molecule has 0 aliphatic rings. The zero-order valence-electron chi connectivity index (χ0n) is 13.2. The van der Waals surface area contributed by atoms with E-state index < -0.39 is 0 Å².